The Morgan fingerprint density at radius 1 is 1.47 bits per heavy atom. The summed E-state index contributed by atoms with van der Waals surface area (Å²) in [5, 5.41) is 9.94. The molecular weight excluding hydrogens is 282 g/mol. The van der Waals surface area contributed by atoms with Gasteiger partial charge in [-0.3, -0.25) is 0 Å². The predicted octanol–water partition coefficient (Wildman–Crippen LogP) is 3.17. The number of anilines is 1. The molecule has 0 saturated carbocycles. The smallest absolute Gasteiger partial charge is 0.348 e. The van der Waals surface area contributed by atoms with Gasteiger partial charge in [0, 0.05) is 0 Å². The molecule has 0 bridgehead atoms. The number of fused-ring (bicyclic) bond motifs is 1. The lowest BCUT2D eigenvalue weighted by molar-refractivity contribution is 0.0704. The van der Waals surface area contributed by atoms with Gasteiger partial charge < -0.3 is 10.8 Å². The minimum atomic E-state index is -0.963. The molecule has 0 radical (unpaired) electrons. The van der Waals surface area contributed by atoms with E-state index < -0.39 is 5.97 Å². The van der Waals surface area contributed by atoms with Crippen molar-refractivity contribution in [3.8, 4) is 0 Å². The number of carboxylic acids is 1. The first-order chi connectivity index (χ1) is 9.04. The van der Waals surface area contributed by atoms with Crippen molar-refractivity contribution in [2.24, 2.45) is 0 Å². The van der Waals surface area contributed by atoms with E-state index in [1.54, 1.807) is 18.7 Å². The van der Waals surface area contributed by atoms with Gasteiger partial charge in [0.25, 0.3) is 0 Å². The highest BCUT2D eigenvalue weighted by atomic mass is 32.2. The van der Waals surface area contributed by atoms with Crippen LogP contribution in [0.25, 0.3) is 10.9 Å². The van der Waals surface area contributed by atoms with Gasteiger partial charge in [0.1, 0.15) is 22.0 Å². The fourth-order valence-corrected chi connectivity index (χ4v) is 4.23. The highest BCUT2D eigenvalue weighted by Crippen LogP contribution is 2.40. The van der Waals surface area contributed by atoms with Crippen molar-refractivity contribution < 1.29 is 9.90 Å². The fraction of sp³-hybridized carbons (Fsp3) is 0.417. The maximum absolute atomic E-state index is 11.3. The normalized spacial score (nSPS) is 11.1. The van der Waals surface area contributed by atoms with Crippen molar-refractivity contribution in [2.75, 3.05) is 11.5 Å². The van der Waals surface area contributed by atoms with Crippen molar-refractivity contribution in [2.45, 2.75) is 30.9 Å². The number of aryl methyl sites for hydroxylation is 1. The first-order valence-corrected chi connectivity index (χ1v) is 7.77. The monoisotopic (exact) mass is 297 g/mol. The number of unbranched alkanes of at least 4 members (excludes halogenated alkanes) is 1. The molecule has 0 fully saturated rings. The topological polar surface area (TPSA) is 89.1 Å². The van der Waals surface area contributed by atoms with Crippen molar-refractivity contribution >= 4 is 45.8 Å². The number of carboxylic acid groups (broad SMARTS) is 1. The van der Waals surface area contributed by atoms with Crippen LogP contribution < -0.4 is 5.73 Å². The Morgan fingerprint density at radius 3 is 2.84 bits per heavy atom. The van der Waals surface area contributed by atoms with E-state index in [9.17, 15) is 9.90 Å². The predicted molar refractivity (Wildman–Crippen MR) is 79.2 cm³/mol. The van der Waals surface area contributed by atoms with Gasteiger partial charge >= 0.3 is 5.97 Å². The van der Waals surface area contributed by atoms with Crippen LogP contribution in [-0.4, -0.2) is 26.8 Å². The van der Waals surface area contributed by atoms with Crippen LogP contribution in [0.15, 0.2) is 4.21 Å². The molecular formula is C12H15N3O2S2. The lowest BCUT2D eigenvalue weighted by Crippen LogP contribution is -1.99. The van der Waals surface area contributed by atoms with Crippen LogP contribution in [-0.2, 0) is 0 Å². The number of nitrogen functional groups attached to an aromatic ring is 1. The molecule has 102 valence electrons. The van der Waals surface area contributed by atoms with E-state index in [4.69, 9.17) is 5.73 Å². The molecule has 0 spiro atoms. The minimum Gasteiger partial charge on any atom is -0.477 e. The first-order valence-electron chi connectivity index (χ1n) is 5.97. The number of thioether (sulfide) groups is 1. The first kappa shape index (κ1) is 14.1. The van der Waals surface area contributed by atoms with Crippen molar-refractivity contribution in [3.63, 3.8) is 0 Å². The van der Waals surface area contributed by atoms with E-state index in [1.807, 2.05) is 0 Å². The number of nitrogens with two attached hydrogens (primary N) is 1. The molecule has 7 heteroatoms. The lowest BCUT2D eigenvalue weighted by Gasteiger charge is -2.01. The average molecular weight is 297 g/mol. The van der Waals surface area contributed by atoms with Gasteiger partial charge in [0.15, 0.2) is 0 Å². The summed E-state index contributed by atoms with van der Waals surface area (Å²) in [6.07, 6.45) is 2.19. The zero-order valence-corrected chi connectivity index (χ0v) is 12.4. The number of hydrogen-bond acceptors (Lipinski definition) is 6. The number of thiophene rings is 1. The summed E-state index contributed by atoms with van der Waals surface area (Å²) < 4.78 is 0.901. The Labute approximate surface area is 119 Å². The molecule has 2 aromatic heterocycles. The molecule has 0 atom stereocenters. The van der Waals surface area contributed by atoms with E-state index in [0.29, 0.717) is 22.5 Å². The molecule has 19 heavy (non-hydrogen) atoms. The maximum atomic E-state index is 11.3. The summed E-state index contributed by atoms with van der Waals surface area (Å²) in [6, 6.07) is 0. The standard InChI is InChI=1S/C12H15N3O2S2/c1-3-4-5-18-12-7-8(9(19-12)11(16)17)14-6(2)15-10(7)13/h3-5H2,1-2H3,(H,16,17)(H2,13,14,15). The Kier molecular flexibility index (Phi) is 4.26. The van der Waals surface area contributed by atoms with Gasteiger partial charge in [-0.05, 0) is 19.1 Å². The van der Waals surface area contributed by atoms with Crippen molar-refractivity contribution in [1.82, 2.24) is 9.97 Å². The van der Waals surface area contributed by atoms with Crippen LogP contribution in [0.2, 0.25) is 0 Å². The highest BCUT2D eigenvalue weighted by Gasteiger charge is 2.21. The Morgan fingerprint density at radius 2 is 2.21 bits per heavy atom. The Balaban J connectivity index is 2.55. The van der Waals surface area contributed by atoms with Crippen LogP contribution in [0.1, 0.15) is 35.3 Å². The zero-order valence-electron chi connectivity index (χ0n) is 10.8. The van der Waals surface area contributed by atoms with Gasteiger partial charge in [0.2, 0.25) is 0 Å². The molecule has 2 aromatic rings. The van der Waals surface area contributed by atoms with Gasteiger partial charge in [0.05, 0.1) is 9.60 Å². The largest absolute Gasteiger partial charge is 0.477 e. The average Bonchev–Trinajstić information content (AvgIpc) is 2.68. The van der Waals surface area contributed by atoms with Crippen molar-refractivity contribution in [3.05, 3.63) is 10.7 Å². The Hall–Kier alpha value is -1.34. The third kappa shape index (κ3) is 2.82. The number of carbonyl (C=O) groups is 1. The third-order valence-corrected chi connectivity index (χ3v) is 5.11. The molecule has 0 aliphatic carbocycles. The summed E-state index contributed by atoms with van der Waals surface area (Å²) >= 11 is 2.86. The quantitative estimate of drug-likeness (QED) is 0.651. The molecule has 2 heterocycles. The van der Waals surface area contributed by atoms with E-state index in [0.717, 1.165) is 22.8 Å². The van der Waals surface area contributed by atoms with E-state index in [2.05, 4.69) is 16.9 Å². The molecule has 0 unspecified atom stereocenters. The summed E-state index contributed by atoms with van der Waals surface area (Å²) in [6.45, 7) is 3.83. The van der Waals surface area contributed by atoms with E-state index >= 15 is 0 Å². The van der Waals surface area contributed by atoms with Gasteiger partial charge in [-0.25, -0.2) is 14.8 Å². The number of aromatic nitrogens is 2. The third-order valence-electron chi connectivity index (χ3n) is 2.59. The van der Waals surface area contributed by atoms with Crippen LogP contribution >= 0.6 is 23.1 Å². The number of aromatic carboxylic acids is 1. The lowest BCUT2D eigenvalue weighted by atomic mass is 10.3. The maximum Gasteiger partial charge on any atom is 0.348 e. The Bertz CT molecular complexity index is 625. The van der Waals surface area contributed by atoms with E-state index in [-0.39, 0.29) is 4.88 Å². The fourth-order valence-electron chi connectivity index (χ4n) is 1.71. The molecule has 3 N–H and O–H groups in total. The number of rotatable bonds is 5. The summed E-state index contributed by atoms with van der Waals surface area (Å²) in [5.74, 6) is 0.842. The zero-order chi connectivity index (χ0) is 14.0. The molecule has 0 aliphatic heterocycles. The number of nitrogens with zero attached hydrogens (tertiary/aromatic N) is 2. The molecule has 0 aromatic carbocycles. The summed E-state index contributed by atoms with van der Waals surface area (Å²) in [5.41, 5.74) is 6.38. The molecule has 0 amide bonds. The van der Waals surface area contributed by atoms with Crippen LogP contribution in [0.3, 0.4) is 0 Å². The van der Waals surface area contributed by atoms with Gasteiger partial charge in [-0.1, -0.05) is 13.3 Å². The van der Waals surface area contributed by atoms with Crippen LogP contribution in [0, 0.1) is 6.92 Å². The summed E-state index contributed by atoms with van der Waals surface area (Å²) in [7, 11) is 0. The summed E-state index contributed by atoms with van der Waals surface area (Å²) in [4.78, 5) is 19.9. The molecule has 0 aliphatic rings. The van der Waals surface area contributed by atoms with E-state index in [1.165, 1.54) is 11.3 Å². The number of hydrogen-bond donors (Lipinski definition) is 2. The minimum absolute atomic E-state index is 0.242. The molecule has 5 nitrogen and oxygen atoms in total. The van der Waals surface area contributed by atoms with Crippen molar-refractivity contribution in [1.29, 1.82) is 0 Å². The molecule has 2 rings (SSSR count). The van der Waals surface area contributed by atoms with Gasteiger partial charge in [-0.2, -0.15) is 0 Å². The van der Waals surface area contributed by atoms with Gasteiger partial charge in [-0.15, -0.1) is 23.1 Å². The highest BCUT2D eigenvalue weighted by molar-refractivity contribution is 8.01. The SMILES string of the molecule is CCCCSc1sc(C(=O)O)c2nc(C)nc(N)c12. The second-order valence-electron chi connectivity index (χ2n) is 4.11. The van der Waals surface area contributed by atoms with Crippen LogP contribution in [0.5, 0.6) is 0 Å². The second-order valence-corrected chi connectivity index (χ2v) is 6.49. The molecule has 0 saturated heterocycles. The second kappa shape index (κ2) is 5.75. The van der Waals surface area contributed by atoms with Crippen LogP contribution in [0.4, 0.5) is 5.82 Å².